The molecule has 9 heteroatoms. The first-order valence-corrected chi connectivity index (χ1v) is 12.6. The zero-order chi connectivity index (χ0) is 24.5. The van der Waals surface area contributed by atoms with E-state index in [2.05, 4.69) is 36.4 Å². The maximum Gasteiger partial charge on any atom is 0.325 e. The minimum Gasteiger partial charge on any atom is -0.497 e. The van der Waals surface area contributed by atoms with E-state index in [-0.39, 0.29) is 17.9 Å². The van der Waals surface area contributed by atoms with Crippen LogP contribution in [0.5, 0.6) is 5.75 Å². The van der Waals surface area contributed by atoms with Gasteiger partial charge in [0.25, 0.3) is 5.91 Å². The van der Waals surface area contributed by atoms with Crippen LogP contribution in [-0.2, 0) is 9.59 Å². The SMILES string of the molecule is CCC(C)(C)C1CCC2(CC1)NC(=O)N(CC(=O)Nc1nc(-c3ccc(OC)cc3)cs1)C2=O. The minimum atomic E-state index is -0.875. The summed E-state index contributed by atoms with van der Waals surface area (Å²) >= 11 is 1.29. The van der Waals surface area contributed by atoms with Gasteiger partial charge in [0.2, 0.25) is 5.91 Å². The second-order valence-electron chi connectivity index (χ2n) is 9.83. The predicted molar refractivity (Wildman–Crippen MR) is 132 cm³/mol. The summed E-state index contributed by atoms with van der Waals surface area (Å²) in [7, 11) is 1.61. The van der Waals surface area contributed by atoms with Gasteiger partial charge in [-0.25, -0.2) is 9.78 Å². The third kappa shape index (κ3) is 4.66. The first kappa shape index (κ1) is 24.2. The number of aromatic nitrogens is 1. The van der Waals surface area contributed by atoms with Gasteiger partial charge in [-0.2, -0.15) is 0 Å². The Bertz CT molecular complexity index is 1070. The fraction of sp³-hybridized carbons (Fsp3) is 0.520. The van der Waals surface area contributed by atoms with Crippen molar-refractivity contribution in [2.45, 2.75) is 58.4 Å². The molecular formula is C25H32N4O4S. The molecule has 8 nitrogen and oxygen atoms in total. The molecule has 1 aliphatic carbocycles. The van der Waals surface area contributed by atoms with Crippen LogP contribution < -0.4 is 15.4 Å². The number of hydrogen-bond donors (Lipinski definition) is 2. The number of carbonyl (C=O) groups is 3. The standard InChI is InChI=1S/C25H32N4O4S/c1-5-24(2,3)17-10-12-25(13-11-17)21(31)29(23(32)28-25)14-20(30)27-22-26-19(15-34-22)16-6-8-18(33-4)9-7-16/h6-9,15,17H,5,10-14H2,1-4H3,(H,28,32)(H,26,27,30). The summed E-state index contributed by atoms with van der Waals surface area (Å²) in [6.07, 6.45) is 4.08. The Morgan fingerprint density at radius 1 is 1.26 bits per heavy atom. The topological polar surface area (TPSA) is 101 Å². The van der Waals surface area contributed by atoms with Crippen LogP contribution in [0.4, 0.5) is 9.93 Å². The lowest BCUT2D eigenvalue weighted by atomic mass is 9.65. The van der Waals surface area contributed by atoms with Crippen molar-refractivity contribution in [2.24, 2.45) is 11.3 Å². The molecule has 1 saturated heterocycles. The van der Waals surface area contributed by atoms with E-state index in [9.17, 15) is 14.4 Å². The lowest BCUT2D eigenvalue weighted by molar-refractivity contribution is -0.135. The molecule has 1 saturated carbocycles. The first-order valence-electron chi connectivity index (χ1n) is 11.7. The van der Waals surface area contributed by atoms with Gasteiger partial charge in [0.15, 0.2) is 5.13 Å². The van der Waals surface area contributed by atoms with Crippen LogP contribution in [0.3, 0.4) is 0 Å². The zero-order valence-electron chi connectivity index (χ0n) is 20.1. The van der Waals surface area contributed by atoms with Crippen LogP contribution in [0.2, 0.25) is 0 Å². The number of urea groups is 1. The zero-order valence-corrected chi connectivity index (χ0v) is 21.0. The number of carbonyl (C=O) groups excluding carboxylic acids is 3. The molecule has 0 radical (unpaired) electrons. The number of hydrogen-bond acceptors (Lipinski definition) is 6. The van der Waals surface area contributed by atoms with E-state index >= 15 is 0 Å². The van der Waals surface area contributed by atoms with Crippen LogP contribution in [0.15, 0.2) is 29.6 Å². The van der Waals surface area contributed by atoms with Gasteiger partial charge in [0.1, 0.15) is 17.8 Å². The Labute approximate surface area is 204 Å². The fourth-order valence-electron chi connectivity index (χ4n) is 4.87. The molecule has 2 fully saturated rings. The number of nitrogens with one attached hydrogen (secondary N) is 2. The van der Waals surface area contributed by atoms with Crippen LogP contribution in [-0.4, -0.2) is 46.9 Å². The third-order valence-electron chi connectivity index (χ3n) is 7.54. The van der Waals surface area contributed by atoms with Gasteiger partial charge >= 0.3 is 6.03 Å². The molecule has 4 amide bonds. The average molecular weight is 485 g/mol. The normalized spacial score (nSPS) is 22.7. The smallest absolute Gasteiger partial charge is 0.325 e. The van der Waals surface area contributed by atoms with E-state index in [1.54, 1.807) is 7.11 Å². The molecular weight excluding hydrogens is 452 g/mol. The molecule has 0 atom stereocenters. The number of thiazole rings is 1. The lowest BCUT2D eigenvalue weighted by Gasteiger charge is -2.42. The maximum atomic E-state index is 13.2. The van der Waals surface area contributed by atoms with Crippen molar-refractivity contribution in [3.05, 3.63) is 29.6 Å². The van der Waals surface area contributed by atoms with Gasteiger partial charge in [0.05, 0.1) is 12.8 Å². The number of amides is 4. The van der Waals surface area contributed by atoms with Crippen molar-refractivity contribution in [1.82, 2.24) is 15.2 Å². The summed E-state index contributed by atoms with van der Waals surface area (Å²) < 4.78 is 5.17. The molecule has 2 aliphatic rings. The first-order chi connectivity index (χ1) is 16.2. The number of imide groups is 1. The highest BCUT2D eigenvalue weighted by atomic mass is 32.1. The fourth-order valence-corrected chi connectivity index (χ4v) is 5.60. The summed E-state index contributed by atoms with van der Waals surface area (Å²) in [5.74, 6) is 0.534. The van der Waals surface area contributed by atoms with Gasteiger partial charge in [-0.15, -0.1) is 11.3 Å². The van der Waals surface area contributed by atoms with Crippen molar-refractivity contribution in [3.63, 3.8) is 0 Å². The van der Waals surface area contributed by atoms with Crippen molar-refractivity contribution < 1.29 is 19.1 Å². The third-order valence-corrected chi connectivity index (χ3v) is 8.30. The Hall–Kier alpha value is -2.94. The van der Waals surface area contributed by atoms with Gasteiger partial charge in [0, 0.05) is 10.9 Å². The highest BCUT2D eigenvalue weighted by molar-refractivity contribution is 7.14. The Morgan fingerprint density at radius 2 is 1.94 bits per heavy atom. The molecule has 1 aromatic heterocycles. The van der Waals surface area contributed by atoms with Gasteiger partial charge in [-0.1, -0.05) is 27.2 Å². The summed E-state index contributed by atoms with van der Waals surface area (Å²) in [4.78, 5) is 43.9. The maximum absolute atomic E-state index is 13.2. The second kappa shape index (κ2) is 9.37. The number of nitrogens with zero attached hydrogens (tertiary/aromatic N) is 2. The van der Waals surface area contributed by atoms with Crippen LogP contribution in [0, 0.1) is 11.3 Å². The highest BCUT2D eigenvalue weighted by Gasteiger charge is 2.53. The monoisotopic (exact) mass is 484 g/mol. The van der Waals surface area contributed by atoms with E-state index in [0.717, 1.165) is 41.2 Å². The molecule has 34 heavy (non-hydrogen) atoms. The summed E-state index contributed by atoms with van der Waals surface area (Å²) in [6, 6.07) is 6.98. The van der Waals surface area contributed by atoms with Crippen molar-refractivity contribution in [1.29, 1.82) is 0 Å². The predicted octanol–water partition coefficient (Wildman–Crippen LogP) is 4.67. The molecule has 2 N–H and O–H groups in total. The molecule has 182 valence electrons. The number of ether oxygens (including phenoxy) is 1. The van der Waals surface area contributed by atoms with Crippen molar-refractivity contribution in [3.8, 4) is 17.0 Å². The van der Waals surface area contributed by atoms with Gasteiger partial charge < -0.3 is 15.4 Å². The van der Waals surface area contributed by atoms with E-state index in [4.69, 9.17) is 4.74 Å². The highest BCUT2D eigenvalue weighted by Crippen LogP contribution is 2.45. The van der Waals surface area contributed by atoms with Crippen LogP contribution >= 0.6 is 11.3 Å². The van der Waals surface area contributed by atoms with E-state index in [1.165, 1.54) is 11.3 Å². The second-order valence-corrected chi connectivity index (χ2v) is 10.7. The number of rotatable bonds is 7. The number of anilines is 1. The largest absolute Gasteiger partial charge is 0.497 e. The Kier molecular flexibility index (Phi) is 6.66. The molecule has 1 aliphatic heterocycles. The molecule has 1 spiro atoms. The molecule has 4 rings (SSSR count). The van der Waals surface area contributed by atoms with E-state index in [0.29, 0.717) is 23.9 Å². The van der Waals surface area contributed by atoms with E-state index < -0.39 is 17.5 Å². The number of benzene rings is 1. The molecule has 2 heterocycles. The van der Waals surface area contributed by atoms with Crippen molar-refractivity contribution >= 4 is 34.3 Å². The average Bonchev–Trinajstić information content (AvgIpc) is 3.38. The lowest BCUT2D eigenvalue weighted by Crippen LogP contribution is -2.51. The Balaban J connectivity index is 1.36. The van der Waals surface area contributed by atoms with E-state index in [1.807, 2.05) is 29.6 Å². The van der Waals surface area contributed by atoms with Crippen LogP contribution in [0.25, 0.3) is 11.3 Å². The minimum absolute atomic E-state index is 0.214. The molecule has 2 aromatic rings. The van der Waals surface area contributed by atoms with Gasteiger partial charge in [-0.05, 0) is 61.3 Å². The van der Waals surface area contributed by atoms with Crippen molar-refractivity contribution in [2.75, 3.05) is 19.0 Å². The quantitative estimate of drug-likeness (QED) is 0.556. The van der Waals surface area contributed by atoms with Crippen LogP contribution in [0.1, 0.15) is 52.9 Å². The Morgan fingerprint density at radius 3 is 2.56 bits per heavy atom. The molecule has 0 bridgehead atoms. The van der Waals surface area contributed by atoms with Gasteiger partial charge in [-0.3, -0.25) is 14.5 Å². The summed E-state index contributed by atoms with van der Waals surface area (Å²) in [6.45, 7) is 6.39. The molecule has 1 aromatic carbocycles. The number of methoxy groups -OCH3 is 1. The summed E-state index contributed by atoms with van der Waals surface area (Å²) in [5, 5.41) is 7.88. The summed E-state index contributed by atoms with van der Waals surface area (Å²) in [5.41, 5.74) is 0.963. The molecule has 0 unspecified atom stereocenters.